The highest BCUT2D eigenvalue weighted by Gasteiger charge is 2.52. The zero-order valence-corrected chi connectivity index (χ0v) is 9.09. The topological polar surface area (TPSA) is 148 Å². The lowest BCUT2D eigenvalue weighted by Crippen LogP contribution is -2.62. The second-order valence-corrected chi connectivity index (χ2v) is 4.17. The Kier molecular flexibility index (Phi) is 4.07. The van der Waals surface area contributed by atoms with E-state index in [1.54, 1.807) is 0 Å². The Morgan fingerprint density at radius 1 is 1.41 bits per heavy atom. The van der Waals surface area contributed by atoms with Crippen molar-refractivity contribution in [3.05, 3.63) is 0 Å². The van der Waals surface area contributed by atoms with Gasteiger partial charge in [-0.25, -0.2) is 4.79 Å². The molecule has 0 amide bonds. The van der Waals surface area contributed by atoms with Gasteiger partial charge in [0, 0.05) is 6.42 Å². The van der Waals surface area contributed by atoms with Crippen LogP contribution in [0.3, 0.4) is 0 Å². The van der Waals surface area contributed by atoms with E-state index in [0.29, 0.717) is 0 Å². The quantitative estimate of drug-likeness (QED) is 0.311. The van der Waals surface area contributed by atoms with Crippen LogP contribution >= 0.6 is 0 Å². The summed E-state index contributed by atoms with van der Waals surface area (Å²) in [5.41, 5.74) is 0. The van der Waals surface area contributed by atoms with Crippen molar-refractivity contribution in [1.82, 2.24) is 0 Å². The normalized spacial score (nSPS) is 41.9. The standard InChI is InChI=1S/C9H16O8/c1-3(10)5(12)7-6(13)4(11)2-9(16,17-7)8(14)15/h3-7,10-13,16H,2H2,1H3,(H,14,15)/t3-,4-,5+,6+,7?,9-/m1/s1. The van der Waals surface area contributed by atoms with Gasteiger partial charge in [-0.05, 0) is 6.92 Å². The predicted octanol–water partition coefficient (Wildman–Crippen LogP) is -2.99. The summed E-state index contributed by atoms with van der Waals surface area (Å²) >= 11 is 0. The van der Waals surface area contributed by atoms with Crippen molar-refractivity contribution in [2.45, 2.75) is 49.7 Å². The first kappa shape index (κ1) is 14.3. The lowest BCUT2D eigenvalue weighted by molar-refractivity contribution is -0.311. The second-order valence-electron chi connectivity index (χ2n) is 4.17. The Morgan fingerprint density at radius 3 is 2.35 bits per heavy atom. The van der Waals surface area contributed by atoms with Gasteiger partial charge < -0.3 is 35.4 Å². The van der Waals surface area contributed by atoms with E-state index in [2.05, 4.69) is 4.74 Å². The molecule has 1 saturated heterocycles. The fourth-order valence-corrected chi connectivity index (χ4v) is 1.65. The zero-order chi connectivity index (χ0) is 13.4. The molecule has 6 N–H and O–H groups in total. The van der Waals surface area contributed by atoms with Crippen LogP contribution in [0.5, 0.6) is 0 Å². The van der Waals surface area contributed by atoms with Crippen LogP contribution in [-0.2, 0) is 9.53 Å². The summed E-state index contributed by atoms with van der Waals surface area (Å²) in [7, 11) is 0. The third-order valence-electron chi connectivity index (χ3n) is 2.71. The van der Waals surface area contributed by atoms with Crippen molar-refractivity contribution >= 4 is 5.97 Å². The summed E-state index contributed by atoms with van der Waals surface area (Å²) in [4.78, 5) is 10.8. The lowest BCUT2D eigenvalue weighted by atomic mass is 9.91. The van der Waals surface area contributed by atoms with E-state index in [4.69, 9.17) is 10.2 Å². The number of rotatable bonds is 3. The Bertz CT molecular complexity index is 289. The Hall–Kier alpha value is -0.770. The van der Waals surface area contributed by atoms with Crippen molar-refractivity contribution < 1.29 is 40.2 Å². The van der Waals surface area contributed by atoms with E-state index in [1.807, 2.05) is 0 Å². The summed E-state index contributed by atoms with van der Waals surface area (Å²) in [5, 5.41) is 55.9. The summed E-state index contributed by atoms with van der Waals surface area (Å²) in [5.74, 6) is -4.44. The molecule has 1 aliphatic rings. The maximum absolute atomic E-state index is 10.8. The van der Waals surface area contributed by atoms with Crippen LogP contribution in [-0.4, -0.2) is 72.9 Å². The summed E-state index contributed by atoms with van der Waals surface area (Å²) in [6.07, 6.45) is -8.46. The molecule has 100 valence electrons. The molecule has 6 atom stereocenters. The van der Waals surface area contributed by atoms with Crippen LogP contribution in [0, 0.1) is 0 Å². The third-order valence-corrected chi connectivity index (χ3v) is 2.71. The second kappa shape index (κ2) is 4.84. The molecular formula is C9H16O8. The lowest BCUT2D eigenvalue weighted by Gasteiger charge is -2.42. The highest BCUT2D eigenvalue weighted by Crippen LogP contribution is 2.30. The predicted molar refractivity (Wildman–Crippen MR) is 51.8 cm³/mol. The van der Waals surface area contributed by atoms with Crippen LogP contribution in [0.2, 0.25) is 0 Å². The number of hydrogen-bond donors (Lipinski definition) is 6. The third kappa shape index (κ3) is 2.73. The van der Waals surface area contributed by atoms with Crippen LogP contribution in [0.1, 0.15) is 13.3 Å². The molecule has 1 unspecified atom stereocenters. The molecule has 0 radical (unpaired) electrons. The monoisotopic (exact) mass is 252 g/mol. The largest absolute Gasteiger partial charge is 0.477 e. The molecule has 0 saturated carbocycles. The van der Waals surface area contributed by atoms with Crippen molar-refractivity contribution in [2.75, 3.05) is 0 Å². The minimum Gasteiger partial charge on any atom is -0.477 e. The maximum atomic E-state index is 10.8. The van der Waals surface area contributed by atoms with Crippen molar-refractivity contribution in [3.8, 4) is 0 Å². The Balaban J connectivity index is 2.93. The molecule has 0 aliphatic carbocycles. The van der Waals surface area contributed by atoms with Gasteiger partial charge in [-0.1, -0.05) is 0 Å². The molecule has 0 aromatic rings. The first-order valence-corrected chi connectivity index (χ1v) is 5.05. The van der Waals surface area contributed by atoms with Crippen LogP contribution in [0.4, 0.5) is 0 Å². The van der Waals surface area contributed by atoms with E-state index in [0.717, 1.165) is 0 Å². The van der Waals surface area contributed by atoms with Crippen molar-refractivity contribution in [2.24, 2.45) is 0 Å². The van der Waals surface area contributed by atoms with Crippen LogP contribution in [0.25, 0.3) is 0 Å². The number of ether oxygens (including phenoxy) is 1. The summed E-state index contributed by atoms with van der Waals surface area (Å²) in [6, 6.07) is 0. The van der Waals surface area contributed by atoms with Gasteiger partial charge in [-0.2, -0.15) is 0 Å². The number of aliphatic carboxylic acids is 1. The first-order valence-electron chi connectivity index (χ1n) is 5.05. The minimum atomic E-state index is -2.70. The molecule has 1 fully saturated rings. The average Bonchev–Trinajstić information content (AvgIpc) is 2.22. The van der Waals surface area contributed by atoms with Gasteiger partial charge >= 0.3 is 5.97 Å². The number of aliphatic hydroxyl groups is 5. The van der Waals surface area contributed by atoms with Gasteiger partial charge in [0.25, 0.3) is 5.79 Å². The van der Waals surface area contributed by atoms with E-state index in [1.165, 1.54) is 6.92 Å². The summed E-state index contributed by atoms with van der Waals surface area (Å²) < 4.78 is 4.68. The fourth-order valence-electron chi connectivity index (χ4n) is 1.65. The van der Waals surface area contributed by atoms with Gasteiger partial charge in [0.05, 0.1) is 12.2 Å². The van der Waals surface area contributed by atoms with Gasteiger partial charge in [0.2, 0.25) is 0 Å². The Morgan fingerprint density at radius 2 is 1.94 bits per heavy atom. The number of carbonyl (C=O) groups is 1. The van der Waals surface area contributed by atoms with Crippen molar-refractivity contribution in [3.63, 3.8) is 0 Å². The smallest absolute Gasteiger partial charge is 0.364 e. The van der Waals surface area contributed by atoms with E-state index < -0.39 is 48.7 Å². The molecule has 17 heavy (non-hydrogen) atoms. The van der Waals surface area contributed by atoms with Crippen LogP contribution < -0.4 is 0 Å². The van der Waals surface area contributed by atoms with Gasteiger partial charge in [-0.15, -0.1) is 0 Å². The SMILES string of the molecule is C[C@@H](O)[C@H](O)C1O[C@@](O)(C(=O)O)C[C@@H](O)[C@@H]1O. The number of carboxylic acid groups (broad SMARTS) is 1. The fraction of sp³-hybridized carbons (Fsp3) is 0.889. The molecule has 1 rings (SSSR count). The molecule has 8 heteroatoms. The van der Waals surface area contributed by atoms with E-state index in [9.17, 15) is 25.2 Å². The number of carboxylic acids is 1. The molecule has 0 aromatic carbocycles. The van der Waals surface area contributed by atoms with Gasteiger partial charge in [0.15, 0.2) is 0 Å². The van der Waals surface area contributed by atoms with Crippen LogP contribution in [0.15, 0.2) is 0 Å². The highest BCUT2D eigenvalue weighted by molar-refractivity contribution is 5.75. The van der Waals surface area contributed by atoms with E-state index in [-0.39, 0.29) is 0 Å². The van der Waals surface area contributed by atoms with Crippen molar-refractivity contribution in [1.29, 1.82) is 0 Å². The zero-order valence-electron chi connectivity index (χ0n) is 9.09. The van der Waals surface area contributed by atoms with E-state index >= 15 is 0 Å². The van der Waals surface area contributed by atoms with Gasteiger partial charge in [-0.3, -0.25) is 0 Å². The number of aliphatic hydroxyl groups excluding tert-OH is 4. The maximum Gasteiger partial charge on any atom is 0.364 e. The molecule has 1 aliphatic heterocycles. The molecular weight excluding hydrogens is 236 g/mol. The summed E-state index contributed by atoms with van der Waals surface area (Å²) in [6.45, 7) is 1.20. The molecule has 8 nitrogen and oxygen atoms in total. The highest BCUT2D eigenvalue weighted by atomic mass is 16.7. The molecule has 0 aromatic heterocycles. The molecule has 0 bridgehead atoms. The molecule has 1 heterocycles. The Labute approximate surface area is 96.7 Å². The first-order chi connectivity index (χ1) is 7.69. The minimum absolute atomic E-state index is 0.730. The molecule has 0 spiro atoms. The average molecular weight is 252 g/mol. The number of hydrogen-bond acceptors (Lipinski definition) is 7. The van der Waals surface area contributed by atoms with Gasteiger partial charge in [0.1, 0.15) is 18.3 Å².